The van der Waals surface area contributed by atoms with Crippen molar-refractivity contribution in [2.24, 2.45) is 5.73 Å². The summed E-state index contributed by atoms with van der Waals surface area (Å²) in [5, 5.41) is 0. The van der Waals surface area contributed by atoms with Crippen LogP contribution in [0.25, 0.3) is 0 Å². The molecule has 2 N–H and O–H groups in total. The summed E-state index contributed by atoms with van der Waals surface area (Å²) in [7, 11) is 0. The van der Waals surface area contributed by atoms with Gasteiger partial charge in [0.15, 0.2) is 0 Å². The first kappa shape index (κ1) is 16.8. The molecule has 0 radical (unpaired) electrons. The molecule has 0 spiro atoms. The number of piperazine rings is 1. The molecule has 122 valence electrons. The second-order valence-electron chi connectivity index (χ2n) is 6.37. The predicted octanol–water partition coefficient (Wildman–Crippen LogP) is 1.47. The van der Waals surface area contributed by atoms with Crippen LogP contribution in [-0.2, 0) is 11.3 Å². The maximum absolute atomic E-state index is 12.2. The van der Waals surface area contributed by atoms with Crippen molar-refractivity contribution < 1.29 is 9.53 Å². The summed E-state index contributed by atoms with van der Waals surface area (Å²) >= 11 is 0. The van der Waals surface area contributed by atoms with Crippen molar-refractivity contribution >= 4 is 5.91 Å². The van der Waals surface area contributed by atoms with Crippen molar-refractivity contribution in [1.29, 1.82) is 0 Å². The van der Waals surface area contributed by atoms with E-state index in [1.165, 1.54) is 5.56 Å². The number of amides is 1. The average molecular weight is 305 g/mol. The van der Waals surface area contributed by atoms with E-state index in [2.05, 4.69) is 17.0 Å². The number of carbonyl (C=O) groups is 1. The maximum atomic E-state index is 12.2. The van der Waals surface area contributed by atoms with Crippen LogP contribution in [0.2, 0.25) is 0 Å². The lowest BCUT2D eigenvalue weighted by Gasteiger charge is -2.37. The van der Waals surface area contributed by atoms with E-state index in [0.29, 0.717) is 6.61 Å². The fraction of sp³-hybridized carbons (Fsp3) is 0.588. The van der Waals surface area contributed by atoms with Crippen LogP contribution < -0.4 is 10.5 Å². The molecule has 0 bridgehead atoms. The minimum Gasteiger partial charge on any atom is -0.494 e. The van der Waals surface area contributed by atoms with E-state index < -0.39 is 5.54 Å². The van der Waals surface area contributed by atoms with E-state index >= 15 is 0 Å². The zero-order valence-electron chi connectivity index (χ0n) is 13.8. The molecule has 1 aliphatic rings. The number of nitrogens with two attached hydrogens (primary N) is 1. The van der Waals surface area contributed by atoms with Gasteiger partial charge < -0.3 is 15.4 Å². The molecule has 1 aromatic rings. The zero-order chi connectivity index (χ0) is 16.2. The Bertz CT molecular complexity index is 486. The molecule has 0 aromatic heterocycles. The van der Waals surface area contributed by atoms with Crippen LogP contribution in [0.5, 0.6) is 5.75 Å². The molecular formula is C17H27N3O2. The molecule has 1 aromatic carbocycles. The third kappa shape index (κ3) is 4.45. The Morgan fingerprint density at radius 3 is 2.27 bits per heavy atom. The Balaban J connectivity index is 1.83. The normalized spacial score (nSPS) is 16.6. The van der Waals surface area contributed by atoms with Gasteiger partial charge in [0.25, 0.3) is 0 Å². The Labute approximate surface area is 133 Å². The number of carbonyl (C=O) groups excluding carboxylic acids is 1. The summed E-state index contributed by atoms with van der Waals surface area (Å²) in [4.78, 5) is 16.4. The van der Waals surface area contributed by atoms with Crippen molar-refractivity contribution in [3.8, 4) is 5.75 Å². The van der Waals surface area contributed by atoms with Crippen molar-refractivity contribution in [2.45, 2.75) is 32.9 Å². The van der Waals surface area contributed by atoms with Crippen LogP contribution >= 0.6 is 0 Å². The van der Waals surface area contributed by atoms with Crippen LogP contribution in [0.4, 0.5) is 0 Å². The Hall–Kier alpha value is -1.59. The molecule has 1 heterocycles. The Morgan fingerprint density at radius 2 is 1.77 bits per heavy atom. The fourth-order valence-electron chi connectivity index (χ4n) is 2.63. The first-order valence-corrected chi connectivity index (χ1v) is 7.92. The lowest BCUT2D eigenvalue weighted by molar-refractivity contribution is -0.137. The first-order valence-electron chi connectivity index (χ1n) is 7.92. The van der Waals surface area contributed by atoms with Gasteiger partial charge in [0.1, 0.15) is 5.75 Å². The zero-order valence-corrected chi connectivity index (χ0v) is 13.8. The molecule has 1 fully saturated rings. The van der Waals surface area contributed by atoms with Crippen molar-refractivity contribution in [3.63, 3.8) is 0 Å². The molecule has 1 saturated heterocycles. The molecular weight excluding hydrogens is 278 g/mol. The van der Waals surface area contributed by atoms with Gasteiger partial charge >= 0.3 is 0 Å². The average Bonchev–Trinajstić information content (AvgIpc) is 2.49. The number of rotatable bonds is 5. The maximum Gasteiger partial charge on any atom is 0.242 e. The van der Waals surface area contributed by atoms with Gasteiger partial charge in [0.2, 0.25) is 5.91 Å². The van der Waals surface area contributed by atoms with Crippen LogP contribution in [0.1, 0.15) is 26.3 Å². The summed E-state index contributed by atoms with van der Waals surface area (Å²) < 4.78 is 5.45. The molecule has 2 rings (SSSR count). The highest BCUT2D eigenvalue weighted by Gasteiger charge is 2.30. The van der Waals surface area contributed by atoms with Crippen molar-refractivity contribution in [1.82, 2.24) is 9.80 Å². The van der Waals surface area contributed by atoms with Gasteiger partial charge in [0.05, 0.1) is 12.1 Å². The second-order valence-corrected chi connectivity index (χ2v) is 6.37. The van der Waals surface area contributed by atoms with E-state index in [4.69, 9.17) is 10.5 Å². The molecule has 5 nitrogen and oxygen atoms in total. The molecule has 0 aliphatic carbocycles. The summed E-state index contributed by atoms with van der Waals surface area (Å²) in [6.07, 6.45) is 0. The van der Waals surface area contributed by atoms with Crippen molar-refractivity contribution in [3.05, 3.63) is 29.8 Å². The number of ether oxygens (including phenoxy) is 1. The number of benzene rings is 1. The van der Waals surface area contributed by atoms with Gasteiger partial charge in [-0.15, -0.1) is 0 Å². The highest BCUT2D eigenvalue weighted by atomic mass is 16.5. The molecule has 5 heteroatoms. The van der Waals surface area contributed by atoms with E-state index in [1.54, 1.807) is 13.8 Å². The van der Waals surface area contributed by atoms with Crippen LogP contribution in [-0.4, -0.2) is 54.0 Å². The summed E-state index contributed by atoms with van der Waals surface area (Å²) in [6.45, 7) is 10.4. The number of hydrogen-bond donors (Lipinski definition) is 1. The molecule has 0 saturated carbocycles. The van der Waals surface area contributed by atoms with Crippen molar-refractivity contribution in [2.75, 3.05) is 32.8 Å². The van der Waals surface area contributed by atoms with Gasteiger partial charge in [-0.2, -0.15) is 0 Å². The van der Waals surface area contributed by atoms with Gasteiger partial charge in [0, 0.05) is 32.7 Å². The second kappa shape index (κ2) is 7.11. The standard InChI is InChI=1S/C17H27N3O2/c1-4-22-15-7-5-14(6-8-15)13-19-9-11-20(12-10-19)16(21)17(2,3)18/h5-8H,4,9-13,18H2,1-3H3. The molecule has 22 heavy (non-hydrogen) atoms. The summed E-state index contributed by atoms with van der Waals surface area (Å²) in [5.74, 6) is 0.945. The minimum atomic E-state index is -0.780. The largest absolute Gasteiger partial charge is 0.494 e. The smallest absolute Gasteiger partial charge is 0.242 e. The van der Waals surface area contributed by atoms with E-state index in [1.807, 2.05) is 24.0 Å². The van der Waals surface area contributed by atoms with E-state index in [9.17, 15) is 4.79 Å². The van der Waals surface area contributed by atoms with Crippen LogP contribution in [0, 0.1) is 0 Å². The third-order valence-corrected chi connectivity index (χ3v) is 3.85. The topological polar surface area (TPSA) is 58.8 Å². The summed E-state index contributed by atoms with van der Waals surface area (Å²) in [6, 6.07) is 8.22. The van der Waals surface area contributed by atoms with E-state index in [0.717, 1.165) is 38.5 Å². The first-order chi connectivity index (χ1) is 10.4. The van der Waals surface area contributed by atoms with Gasteiger partial charge in [-0.1, -0.05) is 12.1 Å². The molecule has 1 amide bonds. The van der Waals surface area contributed by atoms with Gasteiger partial charge in [-0.25, -0.2) is 0 Å². The van der Waals surface area contributed by atoms with Gasteiger partial charge in [-0.05, 0) is 38.5 Å². The monoisotopic (exact) mass is 305 g/mol. The quantitative estimate of drug-likeness (QED) is 0.895. The van der Waals surface area contributed by atoms with Crippen LogP contribution in [0.3, 0.4) is 0 Å². The Kier molecular flexibility index (Phi) is 5.42. The number of hydrogen-bond acceptors (Lipinski definition) is 4. The van der Waals surface area contributed by atoms with Crippen LogP contribution in [0.15, 0.2) is 24.3 Å². The van der Waals surface area contributed by atoms with Gasteiger partial charge in [-0.3, -0.25) is 9.69 Å². The van der Waals surface area contributed by atoms with E-state index in [-0.39, 0.29) is 5.91 Å². The predicted molar refractivity (Wildman–Crippen MR) is 87.7 cm³/mol. The molecule has 1 aliphatic heterocycles. The molecule has 0 atom stereocenters. The lowest BCUT2D eigenvalue weighted by Crippen LogP contribution is -2.56. The SMILES string of the molecule is CCOc1ccc(CN2CCN(C(=O)C(C)(C)N)CC2)cc1. The Morgan fingerprint density at radius 1 is 1.18 bits per heavy atom. The molecule has 0 unspecified atom stereocenters. The highest BCUT2D eigenvalue weighted by Crippen LogP contribution is 2.15. The number of nitrogens with zero attached hydrogens (tertiary/aromatic N) is 2. The summed E-state index contributed by atoms with van der Waals surface area (Å²) in [5.41, 5.74) is 6.38. The fourth-order valence-corrected chi connectivity index (χ4v) is 2.63. The third-order valence-electron chi connectivity index (χ3n) is 3.85. The minimum absolute atomic E-state index is 0.0354. The lowest BCUT2D eigenvalue weighted by atomic mass is 10.0. The highest BCUT2D eigenvalue weighted by molar-refractivity contribution is 5.85.